The molecule has 1 fully saturated rings. The van der Waals surface area contributed by atoms with Crippen molar-refractivity contribution in [1.82, 2.24) is 4.31 Å². The first-order valence-electron chi connectivity index (χ1n) is 6.11. The fourth-order valence-corrected chi connectivity index (χ4v) is 4.32. The highest BCUT2D eigenvalue weighted by Crippen LogP contribution is 2.29. The molecule has 1 aliphatic rings. The largest absolute Gasteiger partial charge is 0.270 e. The Morgan fingerprint density at radius 2 is 2.11 bits per heavy atom. The SMILES string of the molecule is Cc1ccc([N+](=O)[O-])cc1S(=O)(=O)N1CCCC1C. The molecule has 19 heavy (non-hydrogen) atoms. The number of hydrogen-bond donors (Lipinski definition) is 0. The topological polar surface area (TPSA) is 80.5 Å². The number of aryl methyl sites for hydroxylation is 1. The van der Waals surface area contributed by atoms with Crippen molar-refractivity contribution in [1.29, 1.82) is 0 Å². The number of nitrogens with zero attached hydrogens (tertiary/aromatic N) is 2. The first kappa shape index (κ1) is 14.0. The fraction of sp³-hybridized carbons (Fsp3) is 0.500. The molecule has 1 aliphatic heterocycles. The Morgan fingerprint density at radius 3 is 2.63 bits per heavy atom. The average molecular weight is 284 g/mol. The van der Waals surface area contributed by atoms with E-state index in [0.29, 0.717) is 12.1 Å². The van der Waals surface area contributed by atoms with Crippen LogP contribution in [0.3, 0.4) is 0 Å². The van der Waals surface area contributed by atoms with Crippen LogP contribution in [0.4, 0.5) is 5.69 Å². The van der Waals surface area contributed by atoms with Crippen molar-refractivity contribution in [3.63, 3.8) is 0 Å². The molecule has 0 N–H and O–H groups in total. The number of rotatable bonds is 3. The molecule has 2 rings (SSSR count). The lowest BCUT2D eigenvalue weighted by molar-refractivity contribution is -0.385. The molecule has 0 spiro atoms. The molecule has 1 aromatic carbocycles. The zero-order valence-electron chi connectivity index (χ0n) is 10.9. The molecule has 6 nitrogen and oxygen atoms in total. The van der Waals surface area contributed by atoms with Crippen LogP contribution in [0.2, 0.25) is 0 Å². The Hall–Kier alpha value is -1.47. The van der Waals surface area contributed by atoms with E-state index in [1.807, 2.05) is 6.92 Å². The van der Waals surface area contributed by atoms with E-state index in [9.17, 15) is 18.5 Å². The first-order chi connectivity index (χ1) is 8.84. The van der Waals surface area contributed by atoms with Gasteiger partial charge in [-0.2, -0.15) is 4.31 Å². The van der Waals surface area contributed by atoms with Crippen LogP contribution in [0.15, 0.2) is 23.1 Å². The molecule has 1 heterocycles. The summed E-state index contributed by atoms with van der Waals surface area (Å²) in [5.74, 6) is 0. The van der Waals surface area contributed by atoms with Crippen LogP contribution >= 0.6 is 0 Å². The van der Waals surface area contributed by atoms with Gasteiger partial charge < -0.3 is 0 Å². The Bertz CT molecular complexity index is 612. The molecule has 0 aliphatic carbocycles. The van der Waals surface area contributed by atoms with Crippen LogP contribution in [0.1, 0.15) is 25.3 Å². The molecule has 0 radical (unpaired) electrons. The van der Waals surface area contributed by atoms with E-state index >= 15 is 0 Å². The van der Waals surface area contributed by atoms with Gasteiger partial charge in [0.05, 0.1) is 9.82 Å². The Morgan fingerprint density at radius 1 is 1.42 bits per heavy atom. The fourth-order valence-electron chi connectivity index (χ4n) is 2.37. The minimum Gasteiger partial charge on any atom is -0.258 e. The quantitative estimate of drug-likeness (QED) is 0.628. The highest BCUT2D eigenvalue weighted by Gasteiger charge is 2.34. The minimum absolute atomic E-state index is 0.0375. The Kier molecular flexibility index (Phi) is 3.60. The molecular formula is C12H16N2O4S. The normalized spacial score (nSPS) is 20.6. The van der Waals surface area contributed by atoms with Gasteiger partial charge in [0, 0.05) is 24.7 Å². The summed E-state index contributed by atoms with van der Waals surface area (Å²) in [5.41, 5.74) is 0.334. The van der Waals surface area contributed by atoms with E-state index in [0.717, 1.165) is 18.9 Å². The third-order valence-corrected chi connectivity index (χ3v) is 5.62. The minimum atomic E-state index is -3.65. The summed E-state index contributed by atoms with van der Waals surface area (Å²) in [5, 5.41) is 10.8. The van der Waals surface area contributed by atoms with Crippen molar-refractivity contribution >= 4 is 15.7 Å². The summed E-state index contributed by atoms with van der Waals surface area (Å²) in [6.07, 6.45) is 1.65. The van der Waals surface area contributed by atoms with Crippen molar-refractivity contribution in [2.45, 2.75) is 37.6 Å². The van der Waals surface area contributed by atoms with Gasteiger partial charge in [-0.25, -0.2) is 8.42 Å². The van der Waals surface area contributed by atoms with Gasteiger partial charge >= 0.3 is 0 Å². The van der Waals surface area contributed by atoms with Gasteiger partial charge in [-0.1, -0.05) is 6.07 Å². The molecule has 7 heteroatoms. The van der Waals surface area contributed by atoms with Crippen molar-refractivity contribution < 1.29 is 13.3 Å². The van der Waals surface area contributed by atoms with Gasteiger partial charge in [-0.3, -0.25) is 10.1 Å². The molecule has 0 aromatic heterocycles. The van der Waals surface area contributed by atoms with E-state index in [2.05, 4.69) is 0 Å². The maximum absolute atomic E-state index is 12.5. The highest BCUT2D eigenvalue weighted by molar-refractivity contribution is 7.89. The van der Waals surface area contributed by atoms with E-state index in [1.54, 1.807) is 6.92 Å². The lowest BCUT2D eigenvalue weighted by Crippen LogP contribution is -2.34. The van der Waals surface area contributed by atoms with E-state index < -0.39 is 14.9 Å². The number of nitro benzene ring substituents is 1. The van der Waals surface area contributed by atoms with Gasteiger partial charge in [0.1, 0.15) is 0 Å². The second-order valence-electron chi connectivity index (χ2n) is 4.81. The van der Waals surface area contributed by atoms with Crippen molar-refractivity contribution in [2.24, 2.45) is 0 Å². The summed E-state index contributed by atoms with van der Waals surface area (Å²) in [6, 6.07) is 3.90. The first-order valence-corrected chi connectivity index (χ1v) is 7.55. The van der Waals surface area contributed by atoms with Crippen LogP contribution < -0.4 is 0 Å². The molecule has 0 amide bonds. The maximum Gasteiger partial charge on any atom is 0.270 e. The predicted octanol–water partition coefficient (Wildman–Crippen LogP) is 2.08. The molecule has 0 saturated carbocycles. The Labute approximate surface area is 112 Å². The summed E-state index contributed by atoms with van der Waals surface area (Å²) in [7, 11) is -3.65. The molecule has 1 saturated heterocycles. The van der Waals surface area contributed by atoms with E-state index in [-0.39, 0.29) is 16.6 Å². The zero-order valence-corrected chi connectivity index (χ0v) is 11.7. The third-order valence-electron chi connectivity index (χ3n) is 3.46. The van der Waals surface area contributed by atoms with Crippen LogP contribution in [0, 0.1) is 17.0 Å². The maximum atomic E-state index is 12.5. The standard InChI is InChI=1S/C12H16N2O4S/c1-9-5-6-11(14(15)16)8-12(9)19(17,18)13-7-3-4-10(13)2/h5-6,8,10H,3-4,7H2,1-2H3. The molecule has 1 atom stereocenters. The Balaban J connectivity index is 2.51. The lowest BCUT2D eigenvalue weighted by Gasteiger charge is -2.21. The molecule has 1 aromatic rings. The van der Waals surface area contributed by atoms with Gasteiger partial charge in [0.2, 0.25) is 10.0 Å². The van der Waals surface area contributed by atoms with E-state index in [1.165, 1.54) is 16.4 Å². The molecular weight excluding hydrogens is 268 g/mol. The molecule has 0 bridgehead atoms. The third kappa shape index (κ3) is 2.48. The van der Waals surface area contributed by atoms with Gasteiger partial charge in [0.25, 0.3) is 5.69 Å². The molecule has 1 unspecified atom stereocenters. The number of benzene rings is 1. The number of nitro groups is 1. The number of sulfonamides is 1. The smallest absolute Gasteiger partial charge is 0.258 e. The van der Waals surface area contributed by atoms with Gasteiger partial charge in [-0.15, -0.1) is 0 Å². The van der Waals surface area contributed by atoms with E-state index in [4.69, 9.17) is 0 Å². The predicted molar refractivity (Wildman–Crippen MR) is 70.4 cm³/mol. The van der Waals surface area contributed by atoms with Crippen LogP contribution in [0.25, 0.3) is 0 Å². The molecule has 104 valence electrons. The average Bonchev–Trinajstić information content (AvgIpc) is 2.76. The lowest BCUT2D eigenvalue weighted by atomic mass is 10.2. The summed E-state index contributed by atoms with van der Waals surface area (Å²) in [6.45, 7) is 3.99. The second kappa shape index (κ2) is 4.90. The van der Waals surface area contributed by atoms with Crippen molar-refractivity contribution in [2.75, 3.05) is 6.54 Å². The number of non-ortho nitro benzene ring substituents is 1. The van der Waals surface area contributed by atoms with Crippen molar-refractivity contribution in [3.05, 3.63) is 33.9 Å². The monoisotopic (exact) mass is 284 g/mol. The van der Waals surface area contributed by atoms with Crippen LogP contribution in [0.5, 0.6) is 0 Å². The van der Waals surface area contributed by atoms with Gasteiger partial charge in [-0.05, 0) is 32.3 Å². The van der Waals surface area contributed by atoms with Crippen molar-refractivity contribution in [3.8, 4) is 0 Å². The van der Waals surface area contributed by atoms with Gasteiger partial charge in [0.15, 0.2) is 0 Å². The summed E-state index contributed by atoms with van der Waals surface area (Å²) in [4.78, 5) is 10.2. The van der Waals surface area contributed by atoms with Crippen LogP contribution in [-0.2, 0) is 10.0 Å². The van der Waals surface area contributed by atoms with Crippen LogP contribution in [-0.4, -0.2) is 30.2 Å². The summed E-state index contributed by atoms with van der Waals surface area (Å²) >= 11 is 0. The second-order valence-corrected chi connectivity index (χ2v) is 6.67. The highest BCUT2D eigenvalue weighted by atomic mass is 32.2. The summed E-state index contributed by atoms with van der Waals surface area (Å²) < 4.78 is 26.5. The zero-order chi connectivity index (χ0) is 14.2. The number of hydrogen-bond acceptors (Lipinski definition) is 4.